The number of nitrogens with two attached hydrogens (primary N) is 1. The minimum absolute atomic E-state index is 0. The van der Waals surface area contributed by atoms with E-state index in [0.29, 0.717) is 24.8 Å². The number of benzene rings is 2. The number of halogens is 1. The third-order valence-electron chi connectivity index (χ3n) is 4.83. The number of piperidine rings is 1. The van der Waals surface area contributed by atoms with Crippen molar-refractivity contribution < 1.29 is 9.53 Å². The molecule has 1 fully saturated rings. The summed E-state index contributed by atoms with van der Waals surface area (Å²) in [7, 11) is 0. The van der Waals surface area contributed by atoms with Gasteiger partial charge in [0.05, 0.1) is 0 Å². The van der Waals surface area contributed by atoms with Crippen molar-refractivity contribution in [2.75, 3.05) is 6.54 Å². The molecule has 3 rings (SSSR count). The Morgan fingerprint density at radius 3 is 2.65 bits per heavy atom. The van der Waals surface area contributed by atoms with Gasteiger partial charge in [0.1, 0.15) is 12.4 Å². The fourth-order valence-electron chi connectivity index (χ4n) is 3.31. The SMILES string of the molecule is CC1CCCCN1C(=O)c1ccc(OCc2ccccc2)c(CN)c1.Cl. The molecule has 1 atom stereocenters. The number of likely N-dealkylation sites (tertiary alicyclic amines) is 1. The normalized spacial score (nSPS) is 16.7. The third-order valence-corrected chi connectivity index (χ3v) is 4.83. The van der Waals surface area contributed by atoms with Crippen LogP contribution in [0.1, 0.15) is 47.7 Å². The van der Waals surface area contributed by atoms with Crippen LogP contribution in [-0.2, 0) is 13.2 Å². The summed E-state index contributed by atoms with van der Waals surface area (Å²) in [5.41, 5.74) is 8.56. The van der Waals surface area contributed by atoms with Crippen molar-refractivity contribution in [1.82, 2.24) is 4.90 Å². The van der Waals surface area contributed by atoms with E-state index in [1.807, 2.05) is 53.4 Å². The van der Waals surface area contributed by atoms with Gasteiger partial charge >= 0.3 is 0 Å². The third kappa shape index (κ3) is 4.77. The Hall–Kier alpha value is -2.04. The van der Waals surface area contributed by atoms with Crippen LogP contribution in [0.5, 0.6) is 5.75 Å². The second kappa shape index (κ2) is 9.60. The summed E-state index contributed by atoms with van der Waals surface area (Å²) in [6, 6.07) is 15.9. The van der Waals surface area contributed by atoms with E-state index in [-0.39, 0.29) is 18.3 Å². The van der Waals surface area contributed by atoms with Gasteiger partial charge in [0.15, 0.2) is 0 Å². The molecule has 2 N–H and O–H groups in total. The maximum Gasteiger partial charge on any atom is 0.254 e. The van der Waals surface area contributed by atoms with Crippen molar-refractivity contribution >= 4 is 18.3 Å². The lowest BCUT2D eigenvalue weighted by Crippen LogP contribution is -2.42. The highest BCUT2D eigenvalue weighted by Crippen LogP contribution is 2.24. The lowest BCUT2D eigenvalue weighted by atomic mass is 10.0. The van der Waals surface area contributed by atoms with E-state index in [4.69, 9.17) is 10.5 Å². The van der Waals surface area contributed by atoms with Crippen LogP contribution in [-0.4, -0.2) is 23.4 Å². The minimum Gasteiger partial charge on any atom is -0.489 e. The van der Waals surface area contributed by atoms with E-state index in [1.54, 1.807) is 0 Å². The van der Waals surface area contributed by atoms with Crippen LogP contribution in [0, 0.1) is 0 Å². The molecular formula is C21H27ClN2O2. The highest BCUT2D eigenvalue weighted by Gasteiger charge is 2.24. The number of rotatable bonds is 5. The summed E-state index contributed by atoms with van der Waals surface area (Å²) in [4.78, 5) is 14.8. The predicted octanol–water partition coefficient (Wildman–Crippen LogP) is 4.16. The van der Waals surface area contributed by atoms with E-state index in [2.05, 4.69) is 6.92 Å². The minimum atomic E-state index is 0. The average Bonchev–Trinajstić information content (AvgIpc) is 2.67. The molecule has 0 bridgehead atoms. The van der Waals surface area contributed by atoms with Gasteiger partial charge in [-0.1, -0.05) is 30.3 Å². The molecule has 1 aliphatic rings. The van der Waals surface area contributed by atoms with Crippen molar-refractivity contribution in [3.63, 3.8) is 0 Å². The van der Waals surface area contributed by atoms with Gasteiger partial charge in [-0.3, -0.25) is 4.79 Å². The maximum absolute atomic E-state index is 12.8. The number of hydrogen-bond acceptors (Lipinski definition) is 3. The van der Waals surface area contributed by atoms with Crippen molar-refractivity contribution in [2.24, 2.45) is 5.73 Å². The smallest absolute Gasteiger partial charge is 0.254 e. The zero-order valence-corrected chi connectivity index (χ0v) is 16.0. The largest absolute Gasteiger partial charge is 0.489 e. The molecule has 2 aromatic rings. The maximum atomic E-state index is 12.8. The Morgan fingerprint density at radius 2 is 1.96 bits per heavy atom. The molecule has 26 heavy (non-hydrogen) atoms. The summed E-state index contributed by atoms with van der Waals surface area (Å²) in [5, 5.41) is 0. The number of nitrogens with zero attached hydrogens (tertiary/aromatic N) is 1. The Bertz CT molecular complexity index is 721. The number of ether oxygens (including phenoxy) is 1. The zero-order chi connectivity index (χ0) is 17.6. The first-order chi connectivity index (χ1) is 12.2. The van der Waals surface area contributed by atoms with Crippen molar-refractivity contribution in [2.45, 2.75) is 45.4 Å². The molecule has 0 aliphatic carbocycles. The number of carbonyl (C=O) groups excluding carboxylic acids is 1. The van der Waals surface area contributed by atoms with Crippen LogP contribution in [0.2, 0.25) is 0 Å². The lowest BCUT2D eigenvalue weighted by Gasteiger charge is -2.33. The Labute approximate surface area is 161 Å². The molecule has 1 saturated heterocycles. The van der Waals surface area contributed by atoms with Crippen LogP contribution < -0.4 is 10.5 Å². The van der Waals surface area contributed by atoms with Gasteiger partial charge in [0.25, 0.3) is 5.91 Å². The molecule has 5 heteroatoms. The standard InChI is InChI=1S/C21H26N2O2.ClH/c1-16-7-5-6-12-23(16)21(24)18-10-11-20(19(13-18)14-22)25-15-17-8-3-2-4-9-17;/h2-4,8-11,13,16H,5-7,12,14-15,22H2,1H3;1H. The monoisotopic (exact) mass is 374 g/mol. The van der Waals surface area contributed by atoms with Gasteiger partial charge in [-0.25, -0.2) is 0 Å². The Kier molecular flexibility index (Phi) is 7.49. The lowest BCUT2D eigenvalue weighted by molar-refractivity contribution is 0.0635. The Balaban J connectivity index is 0.00000243. The van der Waals surface area contributed by atoms with Gasteiger partial charge in [-0.2, -0.15) is 0 Å². The summed E-state index contributed by atoms with van der Waals surface area (Å²) in [5.74, 6) is 0.839. The fourth-order valence-corrected chi connectivity index (χ4v) is 3.31. The first-order valence-corrected chi connectivity index (χ1v) is 8.99. The molecule has 140 valence electrons. The van der Waals surface area contributed by atoms with Crippen LogP contribution in [0.4, 0.5) is 0 Å². The number of amides is 1. The summed E-state index contributed by atoms with van der Waals surface area (Å²) >= 11 is 0. The van der Waals surface area contributed by atoms with E-state index in [9.17, 15) is 4.79 Å². The second-order valence-electron chi connectivity index (χ2n) is 6.64. The van der Waals surface area contributed by atoms with Crippen molar-refractivity contribution in [3.05, 3.63) is 65.2 Å². The number of hydrogen-bond donors (Lipinski definition) is 1. The van der Waals surface area contributed by atoms with Gasteiger partial charge in [0, 0.05) is 30.3 Å². The second-order valence-corrected chi connectivity index (χ2v) is 6.64. The molecule has 0 spiro atoms. The van der Waals surface area contributed by atoms with Gasteiger partial charge in [-0.15, -0.1) is 12.4 Å². The molecule has 2 aromatic carbocycles. The highest BCUT2D eigenvalue weighted by atomic mass is 35.5. The van der Waals surface area contributed by atoms with Crippen molar-refractivity contribution in [3.8, 4) is 5.75 Å². The van der Waals surface area contributed by atoms with E-state index >= 15 is 0 Å². The summed E-state index contributed by atoms with van der Waals surface area (Å²) in [6.07, 6.45) is 3.36. The molecule has 1 unspecified atom stereocenters. The molecule has 0 saturated carbocycles. The molecular weight excluding hydrogens is 348 g/mol. The first-order valence-electron chi connectivity index (χ1n) is 8.99. The molecule has 0 aromatic heterocycles. The average molecular weight is 375 g/mol. The van der Waals surface area contributed by atoms with Crippen LogP contribution in [0.25, 0.3) is 0 Å². The Morgan fingerprint density at radius 1 is 1.19 bits per heavy atom. The molecule has 1 amide bonds. The van der Waals surface area contributed by atoms with Crippen molar-refractivity contribution in [1.29, 1.82) is 0 Å². The van der Waals surface area contributed by atoms with Gasteiger partial charge in [-0.05, 0) is 49.9 Å². The molecule has 1 heterocycles. The summed E-state index contributed by atoms with van der Waals surface area (Å²) in [6.45, 7) is 3.80. The van der Waals surface area contributed by atoms with E-state index < -0.39 is 0 Å². The van der Waals surface area contributed by atoms with Crippen LogP contribution in [0.3, 0.4) is 0 Å². The quantitative estimate of drug-likeness (QED) is 0.854. The highest BCUT2D eigenvalue weighted by molar-refractivity contribution is 5.95. The molecule has 4 nitrogen and oxygen atoms in total. The van der Waals surface area contributed by atoms with Gasteiger partial charge < -0.3 is 15.4 Å². The fraction of sp³-hybridized carbons (Fsp3) is 0.381. The number of carbonyl (C=O) groups is 1. The van der Waals surface area contributed by atoms with Crippen LogP contribution >= 0.6 is 12.4 Å². The van der Waals surface area contributed by atoms with E-state index in [1.165, 1.54) is 6.42 Å². The van der Waals surface area contributed by atoms with Crippen LogP contribution in [0.15, 0.2) is 48.5 Å². The first kappa shape index (κ1) is 20.3. The zero-order valence-electron chi connectivity index (χ0n) is 15.2. The molecule has 1 aliphatic heterocycles. The predicted molar refractivity (Wildman–Crippen MR) is 107 cm³/mol. The molecule has 0 radical (unpaired) electrons. The van der Waals surface area contributed by atoms with E-state index in [0.717, 1.165) is 36.3 Å². The topological polar surface area (TPSA) is 55.6 Å². The van der Waals surface area contributed by atoms with Gasteiger partial charge in [0.2, 0.25) is 0 Å². The summed E-state index contributed by atoms with van der Waals surface area (Å²) < 4.78 is 5.91.